The highest BCUT2D eigenvalue weighted by Crippen LogP contribution is 2.32. The van der Waals surface area contributed by atoms with Crippen molar-refractivity contribution in [3.63, 3.8) is 0 Å². The van der Waals surface area contributed by atoms with Gasteiger partial charge in [0.15, 0.2) is 0 Å². The minimum atomic E-state index is -1.18. The molecule has 0 saturated carbocycles. The molecule has 2 saturated heterocycles. The van der Waals surface area contributed by atoms with E-state index in [1.807, 2.05) is 24.3 Å². The molecule has 1 spiro atoms. The van der Waals surface area contributed by atoms with Crippen molar-refractivity contribution in [3.05, 3.63) is 57.2 Å². The standard InChI is InChI=1S/C27H34N4O7S/c32-21-6-5-20(24-23(21)29-25(34)39-24)22(33)16-31(26(35)36)15-18-1-3-19(4-2-18)37-14-12-30-10-7-27(8-11-30)17-28-9-13-38-27/h1-6,22,28,32-33H,7-17H2,(H,29,34)(H,35,36). The van der Waals surface area contributed by atoms with Crippen LogP contribution in [0.15, 0.2) is 41.2 Å². The topological polar surface area (TPSA) is 148 Å². The molecule has 3 heterocycles. The Balaban J connectivity index is 1.12. The van der Waals surface area contributed by atoms with E-state index in [1.165, 1.54) is 12.1 Å². The monoisotopic (exact) mass is 558 g/mol. The second-order valence-electron chi connectivity index (χ2n) is 10.1. The maximum absolute atomic E-state index is 11.9. The fourth-order valence-electron chi connectivity index (χ4n) is 5.24. The highest BCUT2D eigenvalue weighted by molar-refractivity contribution is 7.16. The molecule has 1 unspecified atom stereocenters. The van der Waals surface area contributed by atoms with E-state index in [1.54, 1.807) is 0 Å². The maximum atomic E-state index is 11.9. The number of rotatable bonds is 9. The number of likely N-dealkylation sites (tertiary alicyclic amines) is 1. The molecule has 12 heteroatoms. The number of ether oxygens (including phenoxy) is 2. The van der Waals surface area contributed by atoms with Gasteiger partial charge in [-0.2, -0.15) is 0 Å². The first kappa shape index (κ1) is 27.4. The second-order valence-corrected chi connectivity index (χ2v) is 11.1. The van der Waals surface area contributed by atoms with Gasteiger partial charge in [0.2, 0.25) is 0 Å². The van der Waals surface area contributed by atoms with Crippen molar-refractivity contribution in [1.29, 1.82) is 0 Å². The molecule has 1 aromatic heterocycles. The number of H-pyrrole nitrogens is 1. The lowest BCUT2D eigenvalue weighted by Gasteiger charge is -2.44. The van der Waals surface area contributed by atoms with E-state index in [2.05, 4.69) is 15.2 Å². The van der Waals surface area contributed by atoms with E-state index < -0.39 is 12.2 Å². The van der Waals surface area contributed by atoms with Crippen molar-refractivity contribution in [2.45, 2.75) is 31.1 Å². The van der Waals surface area contributed by atoms with Crippen molar-refractivity contribution in [1.82, 2.24) is 20.1 Å². The summed E-state index contributed by atoms with van der Waals surface area (Å²) < 4.78 is 12.4. The Hall–Kier alpha value is -3.16. The van der Waals surface area contributed by atoms with Crippen LogP contribution in [-0.2, 0) is 11.3 Å². The molecule has 2 aliphatic rings. The van der Waals surface area contributed by atoms with Crippen molar-refractivity contribution in [3.8, 4) is 11.5 Å². The number of hydrogen-bond acceptors (Lipinski definition) is 9. The van der Waals surface area contributed by atoms with Gasteiger partial charge in [0.05, 0.1) is 29.6 Å². The molecule has 2 fully saturated rings. The molecule has 0 aliphatic carbocycles. The maximum Gasteiger partial charge on any atom is 0.407 e. The van der Waals surface area contributed by atoms with E-state index >= 15 is 0 Å². The lowest BCUT2D eigenvalue weighted by atomic mass is 9.90. The van der Waals surface area contributed by atoms with Crippen molar-refractivity contribution >= 4 is 27.6 Å². The molecular weight excluding hydrogens is 524 g/mol. The molecule has 1 atom stereocenters. The van der Waals surface area contributed by atoms with E-state index in [4.69, 9.17) is 9.47 Å². The number of nitrogens with zero attached hydrogens (tertiary/aromatic N) is 2. The number of hydrogen-bond donors (Lipinski definition) is 5. The highest BCUT2D eigenvalue weighted by atomic mass is 32.1. The smallest absolute Gasteiger partial charge is 0.407 e. The number of morpholine rings is 1. The van der Waals surface area contributed by atoms with E-state index in [0.717, 1.165) is 74.0 Å². The number of thiazole rings is 1. The van der Waals surface area contributed by atoms with Gasteiger partial charge >= 0.3 is 11.0 Å². The zero-order valence-electron chi connectivity index (χ0n) is 21.6. The van der Waals surface area contributed by atoms with Crippen LogP contribution in [0.2, 0.25) is 0 Å². The number of phenols is 1. The molecule has 3 aromatic rings. The number of carbonyl (C=O) groups is 1. The number of piperidine rings is 1. The van der Waals surface area contributed by atoms with E-state index in [9.17, 15) is 24.9 Å². The Morgan fingerprint density at radius 3 is 2.67 bits per heavy atom. The Kier molecular flexibility index (Phi) is 8.38. The predicted octanol–water partition coefficient (Wildman–Crippen LogP) is 2.34. The number of fused-ring (bicyclic) bond motifs is 1. The van der Waals surface area contributed by atoms with Crippen LogP contribution >= 0.6 is 11.3 Å². The molecule has 11 nitrogen and oxygen atoms in total. The third-order valence-electron chi connectivity index (χ3n) is 7.49. The molecule has 2 aromatic carbocycles. The van der Waals surface area contributed by atoms with E-state index in [0.29, 0.717) is 22.6 Å². The summed E-state index contributed by atoms with van der Waals surface area (Å²) in [5.74, 6) is 0.607. The first-order valence-corrected chi connectivity index (χ1v) is 13.9. The Labute approximate surface area is 229 Å². The van der Waals surface area contributed by atoms with Crippen LogP contribution in [0.1, 0.15) is 30.1 Å². The highest BCUT2D eigenvalue weighted by Gasteiger charge is 2.36. The predicted molar refractivity (Wildman–Crippen MR) is 147 cm³/mol. The third-order valence-corrected chi connectivity index (χ3v) is 8.42. The SMILES string of the molecule is O=C(O)N(Cc1ccc(OCCN2CCC3(CC2)CNCCO3)cc1)CC(O)c1ccc(O)c2[nH]c(=O)sc12. The van der Waals surface area contributed by atoms with Gasteiger partial charge in [0.1, 0.15) is 23.6 Å². The third kappa shape index (κ3) is 6.53. The summed E-state index contributed by atoms with van der Waals surface area (Å²) in [6.07, 6.45) is -0.313. The second kappa shape index (κ2) is 11.9. The number of aromatic nitrogens is 1. The molecule has 2 aliphatic heterocycles. The van der Waals surface area contributed by atoms with Crippen molar-refractivity contribution < 1.29 is 29.6 Å². The zero-order chi connectivity index (χ0) is 27.4. The van der Waals surface area contributed by atoms with Gasteiger partial charge in [-0.25, -0.2) is 4.79 Å². The quantitative estimate of drug-likeness (QED) is 0.267. The summed E-state index contributed by atoms with van der Waals surface area (Å²) in [6, 6.07) is 10.1. The molecular formula is C27H34N4O7S. The van der Waals surface area contributed by atoms with E-state index in [-0.39, 0.29) is 34.8 Å². The Bertz CT molecular complexity index is 1330. The van der Waals surface area contributed by atoms with Crippen LogP contribution in [0.25, 0.3) is 10.2 Å². The van der Waals surface area contributed by atoms with Gasteiger partial charge in [-0.15, -0.1) is 0 Å². The van der Waals surface area contributed by atoms with Gasteiger partial charge in [0, 0.05) is 44.8 Å². The molecule has 5 N–H and O–H groups in total. The zero-order valence-corrected chi connectivity index (χ0v) is 22.4. The average molecular weight is 559 g/mol. The van der Waals surface area contributed by atoms with Crippen LogP contribution < -0.4 is 14.9 Å². The van der Waals surface area contributed by atoms with Crippen molar-refractivity contribution in [2.75, 3.05) is 52.5 Å². The normalized spacial score (nSPS) is 18.3. The van der Waals surface area contributed by atoms with Gasteiger partial charge in [-0.1, -0.05) is 29.5 Å². The molecule has 39 heavy (non-hydrogen) atoms. The minimum absolute atomic E-state index is 0.00931. The number of carboxylic acid groups (broad SMARTS) is 1. The molecule has 0 bridgehead atoms. The summed E-state index contributed by atoms with van der Waals surface area (Å²) in [6.45, 7) is 5.87. The van der Waals surface area contributed by atoms with Gasteiger partial charge in [-0.3, -0.25) is 9.69 Å². The summed E-state index contributed by atoms with van der Waals surface area (Å²) in [4.78, 5) is 29.4. The number of aromatic amines is 1. The fraction of sp³-hybridized carbons (Fsp3) is 0.481. The first-order valence-electron chi connectivity index (χ1n) is 13.1. The Morgan fingerprint density at radius 1 is 1.21 bits per heavy atom. The molecule has 210 valence electrons. The van der Waals surface area contributed by atoms with Crippen LogP contribution in [0.4, 0.5) is 4.79 Å². The molecule has 0 radical (unpaired) electrons. The van der Waals surface area contributed by atoms with Gasteiger partial charge in [0.25, 0.3) is 0 Å². The number of aromatic hydroxyl groups is 1. The Morgan fingerprint density at radius 2 is 1.97 bits per heavy atom. The van der Waals surface area contributed by atoms with Gasteiger partial charge in [-0.05, 0) is 36.6 Å². The lowest BCUT2D eigenvalue weighted by Crippen LogP contribution is -2.55. The largest absolute Gasteiger partial charge is 0.506 e. The average Bonchev–Trinajstić information content (AvgIpc) is 3.33. The van der Waals surface area contributed by atoms with Crippen molar-refractivity contribution in [2.24, 2.45) is 0 Å². The van der Waals surface area contributed by atoms with Crippen LogP contribution in [0.5, 0.6) is 11.5 Å². The summed E-state index contributed by atoms with van der Waals surface area (Å²) in [7, 11) is 0. The van der Waals surface area contributed by atoms with Gasteiger partial charge < -0.3 is 40.0 Å². The lowest BCUT2D eigenvalue weighted by molar-refractivity contribution is -0.100. The summed E-state index contributed by atoms with van der Waals surface area (Å²) in [5, 5.41) is 34.0. The number of aliphatic hydroxyl groups excluding tert-OH is 1. The summed E-state index contributed by atoms with van der Waals surface area (Å²) in [5.41, 5.74) is 1.36. The molecule has 1 amide bonds. The number of nitrogens with one attached hydrogen (secondary N) is 2. The van der Waals surface area contributed by atoms with Crippen LogP contribution in [-0.4, -0.2) is 94.3 Å². The number of phenolic OH excluding ortho intramolecular Hbond substituents is 1. The minimum Gasteiger partial charge on any atom is -0.506 e. The molecule has 5 rings (SSSR count). The fourth-order valence-corrected chi connectivity index (χ4v) is 6.15. The number of benzene rings is 2. The first-order chi connectivity index (χ1) is 18.8. The van der Waals surface area contributed by atoms with Crippen LogP contribution in [0.3, 0.4) is 0 Å². The number of amides is 1. The number of aliphatic hydroxyl groups is 1. The summed E-state index contributed by atoms with van der Waals surface area (Å²) >= 11 is 0.861. The van der Waals surface area contributed by atoms with Crippen LogP contribution in [0, 0.1) is 0 Å².